The van der Waals surface area contributed by atoms with E-state index < -0.39 is 0 Å². The fraction of sp³-hybridized carbons (Fsp3) is 0.200. The van der Waals surface area contributed by atoms with Crippen LogP contribution in [0.4, 0.5) is 5.95 Å². The highest BCUT2D eigenvalue weighted by Crippen LogP contribution is 2.20. The SMILES string of the molecule is CSc1nc(N)nn1Cc1nc2cccc(C)c2c(=O)n1-c1ccccc1C. The lowest BCUT2D eigenvalue weighted by Gasteiger charge is -2.16. The van der Waals surface area contributed by atoms with E-state index in [4.69, 9.17) is 10.7 Å². The number of nitrogen functional groups attached to an aromatic ring is 1. The molecule has 2 heterocycles. The molecule has 0 radical (unpaired) electrons. The maximum Gasteiger partial charge on any atom is 0.266 e. The van der Waals surface area contributed by atoms with Crippen LogP contribution in [0.3, 0.4) is 0 Å². The van der Waals surface area contributed by atoms with Gasteiger partial charge in [-0.1, -0.05) is 42.1 Å². The minimum absolute atomic E-state index is 0.0915. The van der Waals surface area contributed by atoms with Crippen molar-refractivity contribution in [2.45, 2.75) is 25.5 Å². The quantitative estimate of drug-likeness (QED) is 0.537. The molecule has 0 aliphatic rings. The predicted octanol–water partition coefficient (Wildman–Crippen LogP) is 2.95. The summed E-state index contributed by atoms with van der Waals surface area (Å²) in [7, 11) is 0. The van der Waals surface area contributed by atoms with Crippen LogP contribution in [0, 0.1) is 13.8 Å². The Morgan fingerprint density at radius 3 is 2.54 bits per heavy atom. The van der Waals surface area contributed by atoms with E-state index in [1.807, 2.05) is 62.6 Å². The van der Waals surface area contributed by atoms with Crippen LogP contribution in [-0.2, 0) is 6.54 Å². The third-order valence-electron chi connectivity index (χ3n) is 4.66. The molecule has 0 atom stereocenters. The summed E-state index contributed by atoms with van der Waals surface area (Å²) < 4.78 is 3.35. The summed E-state index contributed by atoms with van der Waals surface area (Å²) in [5.41, 5.74) is 9.05. The van der Waals surface area contributed by atoms with Crippen molar-refractivity contribution < 1.29 is 0 Å². The molecule has 2 N–H and O–H groups in total. The molecule has 0 bridgehead atoms. The molecule has 4 rings (SSSR count). The number of anilines is 1. The number of benzene rings is 2. The first kappa shape index (κ1) is 18.2. The van der Waals surface area contributed by atoms with Crippen molar-refractivity contribution in [2.24, 2.45) is 0 Å². The second-order valence-electron chi connectivity index (χ2n) is 6.54. The number of aryl methyl sites for hydroxylation is 2. The summed E-state index contributed by atoms with van der Waals surface area (Å²) in [6.07, 6.45) is 1.91. The lowest BCUT2D eigenvalue weighted by molar-refractivity contribution is 0.584. The lowest BCUT2D eigenvalue weighted by atomic mass is 10.1. The van der Waals surface area contributed by atoms with Crippen LogP contribution in [0.15, 0.2) is 52.4 Å². The molecule has 0 aliphatic heterocycles. The van der Waals surface area contributed by atoms with Crippen molar-refractivity contribution >= 4 is 28.6 Å². The second kappa shape index (κ2) is 7.12. The molecule has 0 aliphatic carbocycles. The van der Waals surface area contributed by atoms with Crippen molar-refractivity contribution in [1.82, 2.24) is 24.3 Å². The Balaban J connectivity index is 2.03. The van der Waals surface area contributed by atoms with Crippen LogP contribution in [0.5, 0.6) is 0 Å². The Morgan fingerprint density at radius 2 is 1.79 bits per heavy atom. The van der Waals surface area contributed by atoms with Crippen molar-refractivity contribution in [3.8, 4) is 5.69 Å². The van der Waals surface area contributed by atoms with Gasteiger partial charge in [-0.3, -0.25) is 9.36 Å². The van der Waals surface area contributed by atoms with Crippen molar-refractivity contribution in [3.63, 3.8) is 0 Å². The van der Waals surface area contributed by atoms with Crippen LogP contribution in [0.25, 0.3) is 16.6 Å². The summed E-state index contributed by atoms with van der Waals surface area (Å²) in [5, 5.41) is 5.56. The van der Waals surface area contributed by atoms with Crippen LogP contribution in [0.1, 0.15) is 17.0 Å². The summed E-state index contributed by atoms with van der Waals surface area (Å²) >= 11 is 1.44. The minimum atomic E-state index is -0.0915. The van der Waals surface area contributed by atoms with Crippen molar-refractivity contribution in [3.05, 3.63) is 69.8 Å². The van der Waals surface area contributed by atoms with Gasteiger partial charge in [0.2, 0.25) is 5.95 Å². The van der Waals surface area contributed by atoms with Gasteiger partial charge in [0.25, 0.3) is 5.56 Å². The van der Waals surface area contributed by atoms with E-state index in [2.05, 4.69) is 10.1 Å². The maximum absolute atomic E-state index is 13.5. The highest BCUT2D eigenvalue weighted by atomic mass is 32.2. The average molecular weight is 392 g/mol. The van der Waals surface area contributed by atoms with Crippen LogP contribution in [0.2, 0.25) is 0 Å². The molecule has 0 saturated carbocycles. The van der Waals surface area contributed by atoms with E-state index in [-0.39, 0.29) is 18.1 Å². The maximum atomic E-state index is 13.5. The molecule has 0 fully saturated rings. The zero-order chi connectivity index (χ0) is 19.8. The van der Waals surface area contributed by atoms with Gasteiger partial charge in [-0.25, -0.2) is 9.67 Å². The number of nitrogens with two attached hydrogens (primary N) is 1. The summed E-state index contributed by atoms with van der Waals surface area (Å²) in [6, 6.07) is 13.5. The van der Waals surface area contributed by atoms with Gasteiger partial charge in [0, 0.05) is 0 Å². The standard InChI is InChI=1S/C20H20N6OS/c1-12-7-4-5-10-15(12)26-16(11-25-20(28-3)23-19(21)24-25)22-14-9-6-8-13(2)17(14)18(26)27/h4-10H,11H2,1-3H3,(H2,21,24). The highest BCUT2D eigenvalue weighted by molar-refractivity contribution is 7.98. The summed E-state index contributed by atoms with van der Waals surface area (Å²) in [6.45, 7) is 4.19. The first-order valence-electron chi connectivity index (χ1n) is 8.81. The highest BCUT2D eigenvalue weighted by Gasteiger charge is 2.18. The molecule has 7 nitrogen and oxygen atoms in total. The number of thioether (sulfide) groups is 1. The Hall–Kier alpha value is -3.13. The van der Waals surface area contributed by atoms with Crippen molar-refractivity contribution in [2.75, 3.05) is 12.0 Å². The number of hydrogen-bond acceptors (Lipinski definition) is 6. The van der Waals surface area contributed by atoms with Gasteiger partial charge in [-0.15, -0.1) is 5.10 Å². The van der Waals surface area contributed by atoms with E-state index in [1.165, 1.54) is 11.8 Å². The first-order chi connectivity index (χ1) is 13.5. The normalized spacial score (nSPS) is 11.2. The number of aromatic nitrogens is 5. The average Bonchev–Trinajstić information content (AvgIpc) is 3.02. The molecule has 28 heavy (non-hydrogen) atoms. The van der Waals surface area contributed by atoms with Crippen LogP contribution in [-0.4, -0.2) is 30.6 Å². The van der Waals surface area contributed by atoms with Crippen LogP contribution >= 0.6 is 11.8 Å². The Bertz CT molecular complexity index is 1240. The summed E-state index contributed by atoms with van der Waals surface area (Å²) in [5.74, 6) is 0.781. The Labute approximate surface area is 166 Å². The number of para-hydroxylation sites is 1. The Morgan fingerprint density at radius 1 is 1.04 bits per heavy atom. The largest absolute Gasteiger partial charge is 0.366 e. The van der Waals surface area contributed by atoms with Gasteiger partial charge < -0.3 is 5.73 Å². The molecular formula is C20H20N6OS. The van der Waals surface area contributed by atoms with E-state index in [0.29, 0.717) is 21.9 Å². The van der Waals surface area contributed by atoms with Gasteiger partial charge in [0.15, 0.2) is 5.16 Å². The van der Waals surface area contributed by atoms with Crippen LogP contribution < -0.4 is 11.3 Å². The molecule has 0 amide bonds. The molecule has 0 saturated heterocycles. The second-order valence-corrected chi connectivity index (χ2v) is 7.31. The molecule has 4 aromatic rings. The number of hydrogen-bond donors (Lipinski definition) is 1. The topological polar surface area (TPSA) is 91.6 Å². The van der Waals surface area contributed by atoms with Gasteiger partial charge in [0.1, 0.15) is 12.4 Å². The van der Waals surface area contributed by atoms with E-state index in [9.17, 15) is 4.79 Å². The molecule has 2 aromatic heterocycles. The molecule has 0 spiro atoms. The first-order valence-corrected chi connectivity index (χ1v) is 10.0. The monoisotopic (exact) mass is 392 g/mol. The molecular weight excluding hydrogens is 372 g/mol. The van der Waals surface area contributed by atoms with E-state index >= 15 is 0 Å². The number of nitrogens with zero attached hydrogens (tertiary/aromatic N) is 5. The molecule has 2 aromatic carbocycles. The Kier molecular flexibility index (Phi) is 4.64. The lowest BCUT2D eigenvalue weighted by Crippen LogP contribution is -2.26. The van der Waals surface area contributed by atoms with Crippen molar-refractivity contribution in [1.29, 1.82) is 0 Å². The van der Waals surface area contributed by atoms with Gasteiger partial charge in [-0.2, -0.15) is 4.98 Å². The van der Waals surface area contributed by atoms with E-state index in [1.54, 1.807) is 9.25 Å². The zero-order valence-electron chi connectivity index (χ0n) is 15.9. The molecule has 8 heteroatoms. The molecule has 142 valence electrons. The van der Waals surface area contributed by atoms with Gasteiger partial charge in [0.05, 0.1) is 16.6 Å². The third-order valence-corrected chi connectivity index (χ3v) is 5.33. The van der Waals surface area contributed by atoms with Gasteiger partial charge in [-0.05, 0) is 43.4 Å². The number of rotatable bonds is 4. The smallest absolute Gasteiger partial charge is 0.266 e. The predicted molar refractivity (Wildman–Crippen MR) is 112 cm³/mol. The fourth-order valence-electron chi connectivity index (χ4n) is 3.34. The zero-order valence-corrected chi connectivity index (χ0v) is 16.7. The van der Waals surface area contributed by atoms with E-state index in [0.717, 1.165) is 16.8 Å². The third kappa shape index (κ3) is 3.05. The fourth-order valence-corrected chi connectivity index (χ4v) is 3.84. The van der Waals surface area contributed by atoms with Gasteiger partial charge >= 0.3 is 0 Å². The molecule has 0 unspecified atom stereocenters. The summed E-state index contributed by atoms with van der Waals surface area (Å²) in [4.78, 5) is 22.6. The number of fused-ring (bicyclic) bond motifs is 1. The minimum Gasteiger partial charge on any atom is -0.366 e.